The van der Waals surface area contributed by atoms with Crippen LogP contribution in [0.2, 0.25) is 0 Å². The number of likely N-dealkylation sites (N-methyl/N-ethyl adjacent to an activating group) is 1. The summed E-state index contributed by atoms with van der Waals surface area (Å²) >= 11 is 0. The average Bonchev–Trinajstić information content (AvgIpc) is 3.18. The molecule has 14 heteroatoms. The van der Waals surface area contributed by atoms with Crippen LogP contribution in [-0.4, -0.2) is 150 Å². The van der Waals surface area contributed by atoms with Crippen LogP contribution >= 0.6 is 0 Å². The quantitative estimate of drug-likeness (QED) is 0.174. The van der Waals surface area contributed by atoms with Gasteiger partial charge in [0.15, 0.2) is 12.6 Å². The van der Waals surface area contributed by atoms with Gasteiger partial charge in [-0.3, -0.25) is 4.79 Å². The second-order valence-electron chi connectivity index (χ2n) is 20.3. The van der Waals surface area contributed by atoms with Crippen molar-refractivity contribution in [1.82, 2.24) is 10.2 Å². The maximum Gasteiger partial charge on any atom is 0.311 e. The molecule has 0 bridgehead atoms. The molecule has 6 N–H and O–H groups in total. The largest absolute Gasteiger partial charge is 0.459 e. The van der Waals surface area contributed by atoms with Crippen LogP contribution in [0, 0.1) is 37.0 Å². The zero-order valence-corrected chi connectivity index (χ0v) is 40.2. The SMILES string of the molecule is CC[C@H]1OC(=O)[C@H](C)[C@H](O[C@@H]2C[C@](C)(OC)[C@@](O)(CNc3ccc(C)c(C)c3)[C@H](C)O2)[C@H](C)[C@@H](O[C@@H]2O[C@H](C)C[C@H](N(C)C)[C@H]2O)C(C)(C)C[C@@H](C)NC[C@H](C)[C@@H](O)[C@]1(C)O. The van der Waals surface area contributed by atoms with E-state index in [1.165, 1.54) is 12.5 Å². The molecule has 0 unspecified atom stereocenters. The number of esters is 1. The first-order valence-corrected chi connectivity index (χ1v) is 22.6. The van der Waals surface area contributed by atoms with E-state index in [0.717, 1.165) is 11.3 Å². The Bertz CT molecular complexity index is 1580. The summed E-state index contributed by atoms with van der Waals surface area (Å²) in [6.45, 7) is 25.4. The number of aliphatic hydroxyl groups excluding tert-OH is 2. The Morgan fingerprint density at radius 1 is 0.951 bits per heavy atom. The average molecular weight is 866 g/mol. The number of rotatable bonds is 10. The zero-order valence-electron chi connectivity index (χ0n) is 40.2. The predicted molar refractivity (Wildman–Crippen MR) is 236 cm³/mol. The molecule has 0 amide bonds. The van der Waals surface area contributed by atoms with Gasteiger partial charge in [0.2, 0.25) is 0 Å². The number of carbonyl (C=O) groups excluding carboxylic acids is 1. The van der Waals surface area contributed by atoms with Gasteiger partial charge in [-0.2, -0.15) is 0 Å². The number of hydrogen-bond acceptors (Lipinski definition) is 14. The minimum atomic E-state index is -1.76. The second-order valence-corrected chi connectivity index (χ2v) is 20.3. The van der Waals surface area contributed by atoms with E-state index in [9.17, 15) is 25.2 Å². The van der Waals surface area contributed by atoms with E-state index in [1.807, 2.05) is 78.7 Å². The number of methoxy groups -OCH3 is 1. The first-order chi connectivity index (χ1) is 28.2. The fraction of sp³-hybridized carbons (Fsp3) is 0.851. The van der Waals surface area contributed by atoms with Crippen molar-refractivity contribution in [1.29, 1.82) is 0 Å². The lowest BCUT2D eigenvalue weighted by atomic mass is 9.72. The summed E-state index contributed by atoms with van der Waals surface area (Å²) < 4.78 is 39.3. The molecular formula is C47H83N3O11. The molecule has 352 valence electrons. The molecular weight excluding hydrogens is 783 g/mol. The summed E-state index contributed by atoms with van der Waals surface area (Å²) in [5.74, 6) is -2.50. The standard InChI is InChI=1S/C47H83N3O11/c1-17-36-46(13,54)40(52)28(4)24-48-29(5)22-44(10,11)41(61-43-38(51)35(50(14)15)21-30(6)57-43)31(7)39(32(8)42(53)59-36)60-37-23-45(12,56-16)47(55,33(9)58-37)25-49-34-19-18-26(2)27(3)20-34/h18-20,28-33,35-41,43,48-49,51-52,54-55H,17,21-25H2,1-16H3/t28-,29+,30+,31-,32+,33-,35-,36+,37+,38+,39+,40+,41+,43-,45-,46+,47+/m0/s1. The molecule has 3 aliphatic heterocycles. The van der Waals surface area contributed by atoms with E-state index in [-0.39, 0.29) is 43.5 Å². The molecule has 1 aromatic rings. The Balaban J connectivity index is 1.78. The lowest BCUT2D eigenvalue weighted by Crippen LogP contribution is -2.69. The summed E-state index contributed by atoms with van der Waals surface area (Å²) in [5.41, 5.74) is -1.88. The molecule has 0 spiro atoms. The van der Waals surface area contributed by atoms with Crippen LogP contribution in [0.5, 0.6) is 0 Å². The normalized spacial score (nSPS) is 43.3. The number of cyclic esters (lactones) is 1. The fourth-order valence-electron chi connectivity index (χ4n) is 10.2. The number of aryl methyl sites for hydroxylation is 2. The van der Waals surface area contributed by atoms with Crippen molar-refractivity contribution in [3.05, 3.63) is 29.3 Å². The number of aliphatic hydroxyl groups is 4. The van der Waals surface area contributed by atoms with Crippen molar-refractivity contribution in [2.75, 3.05) is 39.6 Å². The van der Waals surface area contributed by atoms with E-state index < -0.39 is 89.2 Å². The fourth-order valence-corrected chi connectivity index (χ4v) is 10.2. The summed E-state index contributed by atoms with van der Waals surface area (Å²) in [6.07, 6.45) is -6.08. The van der Waals surface area contributed by atoms with Crippen LogP contribution in [0.15, 0.2) is 18.2 Å². The summed E-state index contributed by atoms with van der Waals surface area (Å²) in [6, 6.07) is 5.77. The Morgan fingerprint density at radius 3 is 2.20 bits per heavy atom. The highest BCUT2D eigenvalue weighted by molar-refractivity contribution is 5.73. The number of ether oxygens (including phenoxy) is 6. The third kappa shape index (κ3) is 11.5. The number of benzene rings is 1. The summed E-state index contributed by atoms with van der Waals surface area (Å²) in [4.78, 5) is 16.5. The number of nitrogens with zero attached hydrogens (tertiary/aromatic N) is 1. The van der Waals surface area contributed by atoms with Gasteiger partial charge in [-0.05, 0) is 123 Å². The number of hydrogen-bond donors (Lipinski definition) is 6. The lowest BCUT2D eigenvalue weighted by Gasteiger charge is -2.53. The Morgan fingerprint density at radius 2 is 1.61 bits per heavy atom. The molecule has 3 saturated heterocycles. The van der Waals surface area contributed by atoms with Gasteiger partial charge < -0.3 is 64.4 Å². The maximum absolute atomic E-state index is 14.5. The van der Waals surface area contributed by atoms with E-state index >= 15 is 0 Å². The molecule has 4 rings (SSSR count). The molecule has 3 aliphatic rings. The summed E-state index contributed by atoms with van der Waals surface area (Å²) in [7, 11) is 5.43. The van der Waals surface area contributed by atoms with Crippen LogP contribution < -0.4 is 10.6 Å². The van der Waals surface area contributed by atoms with Crippen LogP contribution in [0.3, 0.4) is 0 Å². The lowest BCUT2D eigenvalue weighted by molar-refractivity contribution is -0.333. The van der Waals surface area contributed by atoms with Gasteiger partial charge in [-0.15, -0.1) is 0 Å². The highest BCUT2D eigenvalue weighted by Gasteiger charge is 2.58. The van der Waals surface area contributed by atoms with Crippen molar-refractivity contribution in [2.45, 2.75) is 200 Å². The highest BCUT2D eigenvalue weighted by atomic mass is 16.7. The highest BCUT2D eigenvalue weighted by Crippen LogP contribution is 2.45. The van der Waals surface area contributed by atoms with Gasteiger partial charge in [0.1, 0.15) is 29.0 Å². The van der Waals surface area contributed by atoms with Gasteiger partial charge in [0.25, 0.3) is 0 Å². The Kier molecular flexibility index (Phi) is 17.4. The van der Waals surface area contributed by atoms with E-state index in [0.29, 0.717) is 19.4 Å². The van der Waals surface area contributed by atoms with E-state index in [1.54, 1.807) is 21.0 Å². The third-order valence-corrected chi connectivity index (χ3v) is 14.6. The molecule has 14 nitrogen and oxygen atoms in total. The van der Waals surface area contributed by atoms with Gasteiger partial charge in [0, 0.05) is 50.3 Å². The maximum atomic E-state index is 14.5. The third-order valence-electron chi connectivity index (χ3n) is 14.6. The molecule has 0 aromatic heterocycles. The zero-order chi connectivity index (χ0) is 46.0. The van der Waals surface area contributed by atoms with Crippen LogP contribution in [0.4, 0.5) is 5.69 Å². The van der Waals surface area contributed by atoms with Crippen LogP contribution in [0.25, 0.3) is 0 Å². The predicted octanol–water partition coefficient (Wildman–Crippen LogP) is 4.93. The molecule has 17 atom stereocenters. The molecule has 3 heterocycles. The molecule has 0 aliphatic carbocycles. The molecule has 0 saturated carbocycles. The van der Waals surface area contributed by atoms with Gasteiger partial charge in [0.05, 0.1) is 36.4 Å². The first-order valence-electron chi connectivity index (χ1n) is 22.6. The minimum absolute atomic E-state index is 0.0691. The number of nitrogens with one attached hydrogen (secondary N) is 2. The second kappa shape index (κ2) is 20.5. The van der Waals surface area contributed by atoms with Crippen molar-refractivity contribution in [3.8, 4) is 0 Å². The van der Waals surface area contributed by atoms with Crippen molar-refractivity contribution in [2.24, 2.45) is 23.2 Å². The van der Waals surface area contributed by atoms with Gasteiger partial charge in [-0.1, -0.05) is 40.7 Å². The minimum Gasteiger partial charge on any atom is -0.459 e. The van der Waals surface area contributed by atoms with Crippen molar-refractivity contribution >= 4 is 11.7 Å². The Hall–Kier alpha value is -1.95. The van der Waals surface area contributed by atoms with Crippen molar-refractivity contribution in [3.63, 3.8) is 0 Å². The molecule has 61 heavy (non-hydrogen) atoms. The van der Waals surface area contributed by atoms with Crippen molar-refractivity contribution < 1.29 is 53.6 Å². The van der Waals surface area contributed by atoms with Crippen LogP contribution in [-0.2, 0) is 33.2 Å². The number of carbonyl (C=O) groups is 1. The monoisotopic (exact) mass is 866 g/mol. The Labute approximate surface area is 366 Å². The molecule has 0 radical (unpaired) electrons. The molecule has 1 aromatic carbocycles. The number of anilines is 1. The van der Waals surface area contributed by atoms with Gasteiger partial charge in [-0.25, -0.2) is 0 Å². The van der Waals surface area contributed by atoms with Gasteiger partial charge >= 0.3 is 5.97 Å². The van der Waals surface area contributed by atoms with E-state index in [2.05, 4.69) is 38.3 Å². The smallest absolute Gasteiger partial charge is 0.311 e. The topological polar surface area (TPSA) is 181 Å². The summed E-state index contributed by atoms with van der Waals surface area (Å²) in [5, 5.41) is 54.4. The van der Waals surface area contributed by atoms with Crippen LogP contribution in [0.1, 0.15) is 113 Å². The first kappa shape index (κ1) is 51.7. The van der Waals surface area contributed by atoms with E-state index in [4.69, 9.17) is 28.4 Å². The molecule has 3 fully saturated rings.